The third kappa shape index (κ3) is 3.20. The van der Waals surface area contributed by atoms with Crippen LogP contribution >= 0.6 is 11.6 Å². The van der Waals surface area contributed by atoms with Crippen LogP contribution in [0.15, 0.2) is 96.9 Å². The van der Waals surface area contributed by atoms with Gasteiger partial charge in [0.05, 0.1) is 9.60 Å². The van der Waals surface area contributed by atoms with Crippen molar-refractivity contribution in [3.05, 3.63) is 102 Å². The molecule has 146 valence electrons. The zero-order valence-corrected chi connectivity index (χ0v) is 16.7. The van der Waals surface area contributed by atoms with E-state index < -0.39 is 42.3 Å². The second kappa shape index (κ2) is 7.15. The molecule has 0 aliphatic rings. The van der Waals surface area contributed by atoms with Crippen LogP contribution in [0.5, 0.6) is 0 Å². The lowest BCUT2D eigenvalue weighted by molar-refractivity contribution is 1.07. The average Bonchev–Trinajstić information content (AvgIpc) is 2.91. The largest absolute Gasteiger partial charge is 0.226 e. The van der Waals surface area contributed by atoms with E-state index in [1.807, 2.05) is 42.5 Å². The second-order valence-electron chi connectivity index (χ2n) is 7.01. The van der Waals surface area contributed by atoms with Crippen LogP contribution < -0.4 is 0 Å². The van der Waals surface area contributed by atoms with E-state index in [1.165, 1.54) is 0 Å². The van der Waals surface area contributed by atoms with E-state index in [2.05, 4.69) is 27.1 Å². The predicted molar refractivity (Wildman–Crippen MR) is 128 cm³/mol. The van der Waals surface area contributed by atoms with Gasteiger partial charge in [-0.25, -0.2) is 4.98 Å². The van der Waals surface area contributed by atoms with E-state index in [9.17, 15) is 0 Å². The molecule has 0 aliphatic carbocycles. The number of aromatic nitrogens is 3. The molecule has 0 spiro atoms. The average molecular weight is 425 g/mol. The highest BCUT2D eigenvalue weighted by Gasteiger charge is 2.12. The summed E-state index contributed by atoms with van der Waals surface area (Å²) in [6, 6.07) is 14.5. The standard InChI is InChI=1S/C27H16ClN3/c28-27-30-25(29-26(31-27)24-11-5-9-17-6-3-4-10-23(17)24)21-13-12-20-14-18-7-1-2-8-19(18)15-22(20)16-21/h1-16H/i3D,4D,5D,6D,9D,10D,11D. The number of halogens is 1. The molecule has 4 heteroatoms. The smallest absolute Gasteiger partial charge is 0.208 e. The molecule has 5 aromatic carbocycles. The van der Waals surface area contributed by atoms with E-state index in [1.54, 1.807) is 0 Å². The first-order valence-electron chi connectivity index (χ1n) is 13.0. The van der Waals surface area contributed by atoms with Crippen molar-refractivity contribution in [2.45, 2.75) is 0 Å². The van der Waals surface area contributed by atoms with Crippen LogP contribution in [-0.4, -0.2) is 15.0 Å². The SMILES string of the molecule is [2H]c1c([2H])c([2H])c2c(-c3nc(Cl)nc(-c4ccc5cc6ccccc6cc5c4)n3)c([2H])c([2H])c([2H])c2c1[2H]. The molecule has 3 nitrogen and oxygen atoms in total. The van der Waals surface area contributed by atoms with Crippen LogP contribution in [0.1, 0.15) is 9.60 Å². The quantitative estimate of drug-likeness (QED) is 0.273. The lowest BCUT2D eigenvalue weighted by atomic mass is 10.0. The molecule has 0 fully saturated rings. The van der Waals surface area contributed by atoms with Crippen molar-refractivity contribution in [2.24, 2.45) is 0 Å². The van der Waals surface area contributed by atoms with Crippen LogP contribution in [0.2, 0.25) is 5.28 Å². The van der Waals surface area contributed by atoms with Gasteiger partial charge in [0.2, 0.25) is 5.28 Å². The molecule has 0 N–H and O–H groups in total. The van der Waals surface area contributed by atoms with Gasteiger partial charge in [-0.3, -0.25) is 0 Å². The maximum atomic E-state index is 8.57. The van der Waals surface area contributed by atoms with Gasteiger partial charge in [0.25, 0.3) is 0 Å². The first-order valence-corrected chi connectivity index (χ1v) is 9.88. The van der Waals surface area contributed by atoms with Crippen molar-refractivity contribution in [3.8, 4) is 22.8 Å². The fourth-order valence-corrected chi connectivity index (χ4v) is 3.81. The van der Waals surface area contributed by atoms with Gasteiger partial charge in [0.1, 0.15) is 0 Å². The van der Waals surface area contributed by atoms with Crippen LogP contribution in [0.3, 0.4) is 0 Å². The molecule has 0 amide bonds. The maximum absolute atomic E-state index is 8.57. The molecular weight excluding hydrogens is 402 g/mol. The van der Waals surface area contributed by atoms with Crippen molar-refractivity contribution < 1.29 is 9.60 Å². The van der Waals surface area contributed by atoms with E-state index in [4.69, 9.17) is 21.2 Å². The van der Waals surface area contributed by atoms with Crippen molar-refractivity contribution in [1.29, 1.82) is 0 Å². The Kier molecular flexibility index (Phi) is 2.80. The van der Waals surface area contributed by atoms with Crippen LogP contribution in [-0.2, 0) is 0 Å². The Bertz CT molecular complexity index is 1970. The Morgan fingerprint density at radius 3 is 2.19 bits per heavy atom. The Morgan fingerprint density at radius 1 is 0.613 bits per heavy atom. The number of nitrogens with zero attached hydrogens (tertiary/aromatic N) is 3. The summed E-state index contributed by atoms with van der Waals surface area (Å²) in [7, 11) is 0. The first-order chi connectivity index (χ1) is 18.2. The van der Waals surface area contributed by atoms with Crippen molar-refractivity contribution >= 4 is 43.9 Å². The lowest BCUT2D eigenvalue weighted by Crippen LogP contribution is -1.97. The predicted octanol–water partition coefficient (Wildman–Crippen LogP) is 7.32. The van der Waals surface area contributed by atoms with Crippen LogP contribution in [0, 0.1) is 0 Å². The summed E-state index contributed by atoms with van der Waals surface area (Å²) in [6.45, 7) is 0. The first kappa shape index (κ1) is 12.1. The van der Waals surface area contributed by atoms with Crippen molar-refractivity contribution in [2.75, 3.05) is 0 Å². The monoisotopic (exact) mass is 424 g/mol. The minimum atomic E-state index is -0.530. The van der Waals surface area contributed by atoms with E-state index in [0.29, 0.717) is 5.56 Å². The molecule has 0 saturated heterocycles. The summed E-state index contributed by atoms with van der Waals surface area (Å²) in [6.07, 6.45) is 0. The number of hydrogen-bond acceptors (Lipinski definition) is 3. The van der Waals surface area contributed by atoms with E-state index in [0.717, 1.165) is 21.5 Å². The lowest BCUT2D eigenvalue weighted by Gasteiger charge is -2.09. The number of hydrogen-bond donors (Lipinski definition) is 0. The molecule has 0 saturated carbocycles. The minimum absolute atomic E-state index is 0.106. The topological polar surface area (TPSA) is 38.7 Å². The van der Waals surface area contributed by atoms with E-state index >= 15 is 0 Å². The van der Waals surface area contributed by atoms with Gasteiger partial charge in [0, 0.05) is 11.1 Å². The summed E-state index contributed by atoms with van der Waals surface area (Å²) in [5.74, 6) is 0.0806. The van der Waals surface area contributed by atoms with Gasteiger partial charge in [-0.1, -0.05) is 78.7 Å². The zero-order valence-electron chi connectivity index (χ0n) is 22.9. The molecule has 1 aromatic heterocycles. The molecule has 0 bridgehead atoms. The maximum Gasteiger partial charge on any atom is 0.226 e. The summed E-state index contributed by atoms with van der Waals surface area (Å²) < 4.78 is 58.1. The third-order valence-corrected chi connectivity index (χ3v) is 5.28. The molecule has 0 unspecified atom stereocenters. The van der Waals surface area contributed by atoms with Gasteiger partial charge in [-0.2, -0.15) is 9.97 Å². The van der Waals surface area contributed by atoms with Gasteiger partial charge < -0.3 is 0 Å². The van der Waals surface area contributed by atoms with Gasteiger partial charge in [0.15, 0.2) is 11.6 Å². The highest BCUT2D eigenvalue weighted by molar-refractivity contribution is 6.28. The number of rotatable bonds is 2. The zero-order chi connectivity index (χ0) is 26.9. The normalized spacial score (nSPS) is 14.5. The molecule has 6 rings (SSSR count). The van der Waals surface area contributed by atoms with Crippen molar-refractivity contribution in [1.82, 2.24) is 15.0 Å². The highest BCUT2D eigenvalue weighted by atomic mass is 35.5. The number of fused-ring (bicyclic) bond motifs is 3. The van der Waals surface area contributed by atoms with Gasteiger partial charge in [-0.05, 0) is 62.1 Å². The third-order valence-electron chi connectivity index (χ3n) is 5.11. The highest BCUT2D eigenvalue weighted by Crippen LogP contribution is 2.30. The Labute approximate surface area is 193 Å². The molecule has 1 heterocycles. The van der Waals surface area contributed by atoms with Crippen LogP contribution in [0.4, 0.5) is 0 Å². The molecule has 0 radical (unpaired) electrons. The second-order valence-corrected chi connectivity index (χ2v) is 7.35. The molecule has 0 atom stereocenters. The fourth-order valence-electron chi connectivity index (χ4n) is 3.65. The summed E-state index contributed by atoms with van der Waals surface area (Å²) in [4.78, 5) is 13.0. The summed E-state index contributed by atoms with van der Waals surface area (Å²) in [5.41, 5.74) is 0.518. The number of benzene rings is 5. The Morgan fingerprint density at radius 2 is 1.32 bits per heavy atom. The van der Waals surface area contributed by atoms with Crippen molar-refractivity contribution in [3.63, 3.8) is 0 Å². The molecule has 31 heavy (non-hydrogen) atoms. The molecular formula is C27H16ClN3. The Hall–Kier alpha value is -3.82. The van der Waals surface area contributed by atoms with E-state index in [-0.39, 0.29) is 33.3 Å². The Balaban J connectivity index is 1.62. The molecule has 0 aliphatic heterocycles. The molecule has 6 aromatic rings. The summed E-state index contributed by atoms with van der Waals surface area (Å²) in [5, 5.41) is 3.69. The summed E-state index contributed by atoms with van der Waals surface area (Å²) >= 11 is 6.29. The van der Waals surface area contributed by atoms with Gasteiger partial charge in [-0.15, -0.1) is 0 Å². The minimum Gasteiger partial charge on any atom is -0.208 e. The fraction of sp³-hybridized carbons (Fsp3) is 0. The van der Waals surface area contributed by atoms with Gasteiger partial charge >= 0.3 is 0 Å². The van der Waals surface area contributed by atoms with Crippen LogP contribution in [0.25, 0.3) is 55.1 Å².